The van der Waals surface area contributed by atoms with E-state index in [1.54, 1.807) is 12.1 Å². The first-order valence-corrected chi connectivity index (χ1v) is 6.66. The summed E-state index contributed by atoms with van der Waals surface area (Å²) in [6.45, 7) is 2.94. The second kappa shape index (κ2) is 5.18. The molecule has 1 aromatic carbocycles. The predicted molar refractivity (Wildman–Crippen MR) is 65.6 cm³/mol. The number of anilines is 2. The standard InChI is InChI=1S/C10H17N3O2S/c1-2-3-6-13-8-4-5-10(9(11)7-8)16(12,14)15/h4-5,7,13H,2-3,6,11H2,1H3,(H2,12,14,15). The van der Waals surface area contributed by atoms with Crippen LogP contribution in [0.1, 0.15) is 19.8 Å². The molecule has 0 amide bonds. The molecule has 1 aromatic rings. The second-order valence-corrected chi connectivity index (χ2v) is 5.11. The van der Waals surface area contributed by atoms with Gasteiger partial charge in [0.25, 0.3) is 0 Å². The fourth-order valence-electron chi connectivity index (χ4n) is 1.33. The highest BCUT2D eigenvalue weighted by Crippen LogP contribution is 2.21. The monoisotopic (exact) mass is 243 g/mol. The molecule has 1 rings (SSSR count). The molecule has 0 atom stereocenters. The number of primary sulfonamides is 1. The summed E-state index contributed by atoms with van der Waals surface area (Å²) in [6, 6.07) is 4.65. The van der Waals surface area contributed by atoms with E-state index in [9.17, 15) is 8.42 Å². The number of nitrogens with two attached hydrogens (primary N) is 2. The minimum Gasteiger partial charge on any atom is -0.398 e. The smallest absolute Gasteiger partial charge is 0.240 e. The summed E-state index contributed by atoms with van der Waals surface area (Å²) >= 11 is 0. The van der Waals surface area contributed by atoms with Crippen LogP contribution in [0.5, 0.6) is 0 Å². The fraction of sp³-hybridized carbons (Fsp3) is 0.400. The van der Waals surface area contributed by atoms with Gasteiger partial charge in [-0.25, -0.2) is 13.6 Å². The molecule has 0 unspecified atom stereocenters. The van der Waals surface area contributed by atoms with Gasteiger partial charge in [-0.15, -0.1) is 0 Å². The lowest BCUT2D eigenvalue weighted by molar-refractivity contribution is 0.598. The molecule has 16 heavy (non-hydrogen) atoms. The summed E-state index contributed by atoms with van der Waals surface area (Å²) in [7, 11) is -3.73. The molecule has 0 aliphatic heterocycles. The summed E-state index contributed by atoms with van der Waals surface area (Å²) in [5, 5.41) is 8.15. The fourth-order valence-corrected chi connectivity index (χ4v) is 1.97. The van der Waals surface area contributed by atoms with Crippen LogP contribution >= 0.6 is 0 Å². The SMILES string of the molecule is CCCCNc1ccc(S(N)(=O)=O)c(N)c1. The van der Waals surface area contributed by atoms with Crippen molar-refractivity contribution in [3.05, 3.63) is 18.2 Å². The number of nitrogen functional groups attached to an aromatic ring is 1. The van der Waals surface area contributed by atoms with Crippen LogP contribution < -0.4 is 16.2 Å². The van der Waals surface area contributed by atoms with Crippen molar-refractivity contribution in [3.8, 4) is 0 Å². The molecule has 0 saturated carbocycles. The first kappa shape index (κ1) is 12.8. The molecular weight excluding hydrogens is 226 g/mol. The number of sulfonamides is 1. The molecular formula is C10H17N3O2S. The van der Waals surface area contributed by atoms with Crippen LogP contribution in [-0.4, -0.2) is 15.0 Å². The van der Waals surface area contributed by atoms with Gasteiger partial charge in [-0.1, -0.05) is 13.3 Å². The van der Waals surface area contributed by atoms with Gasteiger partial charge in [-0.05, 0) is 24.6 Å². The van der Waals surface area contributed by atoms with Crippen molar-refractivity contribution >= 4 is 21.4 Å². The van der Waals surface area contributed by atoms with Gasteiger partial charge in [-0.2, -0.15) is 0 Å². The molecule has 0 bridgehead atoms. The van der Waals surface area contributed by atoms with Crippen molar-refractivity contribution in [2.75, 3.05) is 17.6 Å². The Balaban J connectivity index is 2.83. The molecule has 5 N–H and O–H groups in total. The quantitative estimate of drug-likeness (QED) is 0.533. The Hall–Kier alpha value is -1.27. The van der Waals surface area contributed by atoms with Crippen LogP contribution in [-0.2, 0) is 10.0 Å². The summed E-state index contributed by atoms with van der Waals surface area (Å²) in [5.74, 6) is 0. The molecule has 0 fully saturated rings. The van der Waals surface area contributed by atoms with Crippen molar-refractivity contribution in [2.24, 2.45) is 5.14 Å². The molecule has 0 aromatic heterocycles. The zero-order chi connectivity index (χ0) is 12.2. The lowest BCUT2D eigenvalue weighted by Gasteiger charge is -2.08. The van der Waals surface area contributed by atoms with Gasteiger partial charge in [0.15, 0.2) is 0 Å². The van der Waals surface area contributed by atoms with Crippen LogP contribution in [0.15, 0.2) is 23.1 Å². The Labute approximate surface area is 95.9 Å². The lowest BCUT2D eigenvalue weighted by atomic mass is 10.2. The van der Waals surface area contributed by atoms with E-state index in [0.29, 0.717) is 0 Å². The van der Waals surface area contributed by atoms with Crippen molar-refractivity contribution < 1.29 is 8.42 Å². The Morgan fingerprint density at radius 3 is 2.56 bits per heavy atom. The van der Waals surface area contributed by atoms with E-state index in [0.717, 1.165) is 25.1 Å². The van der Waals surface area contributed by atoms with Crippen LogP contribution in [0.25, 0.3) is 0 Å². The largest absolute Gasteiger partial charge is 0.398 e. The van der Waals surface area contributed by atoms with Gasteiger partial charge in [0.2, 0.25) is 10.0 Å². The average molecular weight is 243 g/mol. The van der Waals surface area contributed by atoms with Crippen molar-refractivity contribution in [1.29, 1.82) is 0 Å². The van der Waals surface area contributed by atoms with E-state index in [1.165, 1.54) is 6.07 Å². The first-order chi connectivity index (χ1) is 7.45. The molecule has 90 valence electrons. The van der Waals surface area contributed by atoms with E-state index in [1.807, 2.05) is 0 Å². The third-order valence-corrected chi connectivity index (χ3v) is 3.16. The summed E-state index contributed by atoms with van der Waals surface area (Å²) in [5.41, 5.74) is 6.59. The van der Waals surface area contributed by atoms with Gasteiger partial charge in [-0.3, -0.25) is 0 Å². The number of hydrogen-bond donors (Lipinski definition) is 3. The molecule has 5 nitrogen and oxygen atoms in total. The third-order valence-electron chi connectivity index (χ3n) is 2.18. The summed E-state index contributed by atoms with van der Waals surface area (Å²) in [4.78, 5) is -0.0338. The van der Waals surface area contributed by atoms with E-state index in [-0.39, 0.29) is 10.6 Å². The minimum atomic E-state index is -3.73. The van der Waals surface area contributed by atoms with E-state index in [2.05, 4.69) is 12.2 Å². The topological polar surface area (TPSA) is 98.2 Å². The maximum atomic E-state index is 11.1. The maximum absolute atomic E-state index is 11.1. The summed E-state index contributed by atoms with van der Waals surface area (Å²) in [6.07, 6.45) is 2.15. The van der Waals surface area contributed by atoms with E-state index in [4.69, 9.17) is 10.9 Å². The molecule has 0 radical (unpaired) electrons. The number of hydrogen-bond acceptors (Lipinski definition) is 4. The Bertz CT molecular complexity index is 457. The van der Waals surface area contributed by atoms with Crippen LogP contribution in [0.2, 0.25) is 0 Å². The minimum absolute atomic E-state index is 0.0338. The molecule has 0 saturated heterocycles. The predicted octanol–water partition coefficient (Wildman–Crippen LogP) is 1.13. The maximum Gasteiger partial charge on any atom is 0.240 e. The average Bonchev–Trinajstić information content (AvgIpc) is 2.16. The van der Waals surface area contributed by atoms with Crippen molar-refractivity contribution in [2.45, 2.75) is 24.7 Å². The molecule has 0 aliphatic rings. The highest BCUT2D eigenvalue weighted by Gasteiger charge is 2.11. The van der Waals surface area contributed by atoms with Gasteiger partial charge < -0.3 is 11.1 Å². The third kappa shape index (κ3) is 3.39. The molecule has 0 heterocycles. The Kier molecular flexibility index (Phi) is 4.14. The first-order valence-electron chi connectivity index (χ1n) is 5.11. The zero-order valence-corrected chi connectivity index (χ0v) is 10.0. The number of unbranched alkanes of at least 4 members (excludes halogenated alkanes) is 1. The highest BCUT2D eigenvalue weighted by atomic mass is 32.2. The van der Waals surface area contributed by atoms with Crippen molar-refractivity contribution in [3.63, 3.8) is 0 Å². The lowest BCUT2D eigenvalue weighted by Crippen LogP contribution is -2.14. The Morgan fingerprint density at radius 2 is 2.06 bits per heavy atom. The Morgan fingerprint density at radius 1 is 1.38 bits per heavy atom. The molecule has 6 heteroatoms. The molecule has 0 aliphatic carbocycles. The van der Waals surface area contributed by atoms with Gasteiger partial charge >= 0.3 is 0 Å². The van der Waals surface area contributed by atoms with Crippen LogP contribution in [0.3, 0.4) is 0 Å². The van der Waals surface area contributed by atoms with Gasteiger partial charge in [0.05, 0.1) is 5.69 Å². The van der Waals surface area contributed by atoms with Crippen molar-refractivity contribution in [1.82, 2.24) is 0 Å². The number of nitrogens with one attached hydrogen (secondary N) is 1. The van der Waals surface area contributed by atoms with E-state index < -0.39 is 10.0 Å². The van der Waals surface area contributed by atoms with E-state index >= 15 is 0 Å². The number of rotatable bonds is 5. The van der Waals surface area contributed by atoms with Gasteiger partial charge in [0.1, 0.15) is 4.90 Å². The van der Waals surface area contributed by atoms with Crippen LogP contribution in [0.4, 0.5) is 11.4 Å². The normalized spacial score (nSPS) is 11.4. The molecule has 0 spiro atoms. The van der Waals surface area contributed by atoms with Gasteiger partial charge in [0, 0.05) is 12.2 Å². The summed E-state index contributed by atoms with van der Waals surface area (Å²) < 4.78 is 22.2. The number of benzene rings is 1. The zero-order valence-electron chi connectivity index (χ0n) is 9.23. The van der Waals surface area contributed by atoms with Crippen LogP contribution in [0, 0.1) is 0 Å². The second-order valence-electron chi connectivity index (χ2n) is 3.58. The highest BCUT2D eigenvalue weighted by molar-refractivity contribution is 7.89.